The van der Waals surface area contributed by atoms with E-state index in [2.05, 4.69) is 4.98 Å². The van der Waals surface area contributed by atoms with E-state index in [1.165, 1.54) is 39.2 Å². The molecule has 27 heavy (non-hydrogen) atoms. The van der Waals surface area contributed by atoms with Gasteiger partial charge in [0.15, 0.2) is 5.16 Å². The molecular weight excluding hydrogens is 364 g/mol. The molecule has 1 saturated carbocycles. The van der Waals surface area contributed by atoms with Crippen LogP contribution in [0.1, 0.15) is 49.4 Å². The Balaban J connectivity index is 1.98. The highest BCUT2D eigenvalue weighted by atomic mass is 32.2. The summed E-state index contributed by atoms with van der Waals surface area (Å²) in [6.45, 7) is 1.86. The highest BCUT2D eigenvalue weighted by molar-refractivity contribution is 7.99. The summed E-state index contributed by atoms with van der Waals surface area (Å²) in [5.74, 6) is 1.09. The molecule has 0 unspecified atom stereocenters. The maximum atomic E-state index is 13.0. The lowest BCUT2D eigenvalue weighted by atomic mass is 9.91. The first-order valence-electron chi connectivity index (χ1n) is 9.43. The summed E-state index contributed by atoms with van der Waals surface area (Å²) < 4.78 is 6.31. The molecular formula is C20H26N2O4S. The fraction of sp³-hybridized carbons (Fsp3) is 0.550. The van der Waals surface area contributed by atoms with Crippen molar-refractivity contribution in [1.29, 1.82) is 0 Å². The summed E-state index contributed by atoms with van der Waals surface area (Å²) in [5, 5.41) is 10.9. The van der Waals surface area contributed by atoms with Crippen molar-refractivity contribution >= 4 is 28.6 Å². The van der Waals surface area contributed by atoms with Gasteiger partial charge in [-0.05, 0) is 43.9 Å². The van der Waals surface area contributed by atoms with Crippen molar-refractivity contribution in [3.8, 4) is 0 Å². The van der Waals surface area contributed by atoms with Crippen molar-refractivity contribution in [3.05, 3.63) is 34.1 Å². The van der Waals surface area contributed by atoms with Crippen LogP contribution in [0.3, 0.4) is 0 Å². The molecule has 0 aliphatic heterocycles. The van der Waals surface area contributed by atoms with Gasteiger partial charge in [0, 0.05) is 5.75 Å². The zero-order chi connectivity index (χ0) is 19.4. The molecule has 0 saturated heterocycles. The molecule has 1 aliphatic carbocycles. The Morgan fingerprint density at radius 1 is 1.37 bits per heavy atom. The fourth-order valence-electron chi connectivity index (χ4n) is 3.53. The van der Waals surface area contributed by atoms with Gasteiger partial charge in [0.2, 0.25) is 0 Å². The van der Waals surface area contributed by atoms with Crippen LogP contribution < -0.4 is 5.56 Å². The number of hydrogen-bond donors (Lipinski definition) is 1. The second kappa shape index (κ2) is 8.89. The van der Waals surface area contributed by atoms with E-state index < -0.39 is 12.1 Å². The highest BCUT2D eigenvalue weighted by Gasteiger charge is 2.18. The number of aliphatic hydroxyl groups is 1. The van der Waals surface area contributed by atoms with Crippen LogP contribution in [0.5, 0.6) is 0 Å². The minimum atomic E-state index is -0.648. The number of aliphatic hydroxyl groups excluding tert-OH is 1. The van der Waals surface area contributed by atoms with Crippen LogP contribution in [0.2, 0.25) is 0 Å². The largest absolute Gasteiger partial charge is 0.465 e. The van der Waals surface area contributed by atoms with Gasteiger partial charge in [-0.2, -0.15) is 0 Å². The summed E-state index contributed by atoms with van der Waals surface area (Å²) in [7, 11) is 1.33. The first-order valence-corrected chi connectivity index (χ1v) is 10.4. The van der Waals surface area contributed by atoms with E-state index in [4.69, 9.17) is 4.74 Å². The first-order chi connectivity index (χ1) is 13.0. The third-order valence-electron chi connectivity index (χ3n) is 4.96. The van der Waals surface area contributed by atoms with Gasteiger partial charge >= 0.3 is 5.97 Å². The van der Waals surface area contributed by atoms with Crippen molar-refractivity contribution < 1.29 is 14.6 Å². The maximum absolute atomic E-state index is 13.0. The molecule has 1 aromatic carbocycles. The Bertz CT molecular complexity index is 872. The van der Waals surface area contributed by atoms with Crippen LogP contribution in [-0.4, -0.2) is 39.6 Å². The molecule has 1 aliphatic rings. The second-order valence-electron chi connectivity index (χ2n) is 7.20. The van der Waals surface area contributed by atoms with Gasteiger partial charge in [0.05, 0.1) is 36.2 Å². The van der Waals surface area contributed by atoms with Crippen LogP contribution in [0.25, 0.3) is 10.9 Å². The molecule has 0 radical (unpaired) electrons. The van der Waals surface area contributed by atoms with Gasteiger partial charge in [0.1, 0.15) is 0 Å². The van der Waals surface area contributed by atoms with Crippen molar-refractivity contribution in [2.24, 2.45) is 5.92 Å². The van der Waals surface area contributed by atoms with E-state index in [1.54, 1.807) is 41.5 Å². The molecule has 2 aromatic rings. The van der Waals surface area contributed by atoms with Gasteiger partial charge in [-0.1, -0.05) is 31.0 Å². The van der Waals surface area contributed by atoms with Crippen LogP contribution in [0.15, 0.2) is 28.2 Å². The molecule has 0 amide bonds. The minimum Gasteiger partial charge on any atom is -0.465 e. The smallest absolute Gasteiger partial charge is 0.337 e. The molecule has 1 aromatic heterocycles. The van der Waals surface area contributed by atoms with Gasteiger partial charge in [-0.3, -0.25) is 9.36 Å². The second-order valence-corrected chi connectivity index (χ2v) is 8.18. The van der Waals surface area contributed by atoms with Crippen LogP contribution in [-0.2, 0) is 11.3 Å². The third-order valence-corrected chi connectivity index (χ3v) is 6.17. The number of thioether (sulfide) groups is 1. The fourth-order valence-corrected chi connectivity index (χ4v) is 4.72. The Labute approximate surface area is 162 Å². The molecule has 0 bridgehead atoms. The summed E-state index contributed by atoms with van der Waals surface area (Å²) in [6, 6.07) is 4.77. The van der Waals surface area contributed by atoms with Crippen molar-refractivity contribution in [1.82, 2.24) is 9.55 Å². The number of methoxy groups -OCH3 is 1. The molecule has 3 rings (SSSR count). The number of aromatic nitrogens is 2. The number of carbonyl (C=O) groups is 1. The van der Waals surface area contributed by atoms with Gasteiger partial charge in [0.25, 0.3) is 5.56 Å². The predicted molar refractivity (Wildman–Crippen MR) is 106 cm³/mol. The Kier molecular flexibility index (Phi) is 6.55. The summed E-state index contributed by atoms with van der Waals surface area (Å²) in [6.07, 6.45) is 5.61. The summed E-state index contributed by atoms with van der Waals surface area (Å²) in [5.41, 5.74) is 0.660. The topological polar surface area (TPSA) is 81.4 Å². The molecule has 1 N–H and O–H groups in total. The Morgan fingerprint density at radius 3 is 2.78 bits per heavy atom. The molecule has 0 spiro atoms. The number of ether oxygens (including phenoxy) is 1. The highest BCUT2D eigenvalue weighted by Crippen LogP contribution is 2.29. The zero-order valence-electron chi connectivity index (χ0n) is 15.8. The summed E-state index contributed by atoms with van der Waals surface area (Å²) >= 11 is 1.57. The lowest BCUT2D eigenvalue weighted by Crippen LogP contribution is -2.28. The van der Waals surface area contributed by atoms with Gasteiger partial charge in [-0.25, -0.2) is 9.78 Å². The third kappa shape index (κ3) is 4.71. The first kappa shape index (κ1) is 19.9. The van der Waals surface area contributed by atoms with Crippen LogP contribution in [0, 0.1) is 5.92 Å². The van der Waals surface area contributed by atoms with Crippen molar-refractivity contribution in [2.75, 3.05) is 12.9 Å². The van der Waals surface area contributed by atoms with E-state index >= 15 is 0 Å². The average molecular weight is 391 g/mol. The average Bonchev–Trinajstić information content (AvgIpc) is 2.68. The van der Waals surface area contributed by atoms with Crippen molar-refractivity contribution in [3.63, 3.8) is 0 Å². The molecule has 6 nitrogen and oxygen atoms in total. The number of esters is 1. The standard InChI is InChI=1S/C20H26N2O4S/c1-13(23)11-22-18(24)16-9-8-15(19(25)26-2)10-17(16)21-20(22)27-12-14-6-4-3-5-7-14/h8-10,13-14,23H,3-7,11-12H2,1-2H3/t13-/m1/s1. The van der Waals surface area contributed by atoms with E-state index in [9.17, 15) is 14.7 Å². The number of carbonyl (C=O) groups excluding carboxylic acids is 1. The monoisotopic (exact) mass is 390 g/mol. The number of rotatable bonds is 6. The molecule has 7 heteroatoms. The lowest BCUT2D eigenvalue weighted by molar-refractivity contribution is 0.0601. The van der Waals surface area contributed by atoms with E-state index in [0.29, 0.717) is 27.5 Å². The number of benzene rings is 1. The molecule has 1 atom stereocenters. The Hall–Kier alpha value is -1.86. The molecule has 1 fully saturated rings. The number of hydrogen-bond acceptors (Lipinski definition) is 6. The van der Waals surface area contributed by atoms with E-state index in [-0.39, 0.29) is 12.1 Å². The van der Waals surface area contributed by atoms with Crippen LogP contribution >= 0.6 is 11.8 Å². The van der Waals surface area contributed by atoms with E-state index in [0.717, 1.165) is 5.75 Å². The predicted octanol–water partition coefficient (Wildman–Crippen LogP) is 3.24. The Morgan fingerprint density at radius 2 is 2.11 bits per heavy atom. The zero-order valence-corrected chi connectivity index (χ0v) is 16.6. The van der Waals surface area contributed by atoms with Gasteiger partial charge < -0.3 is 9.84 Å². The maximum Gasteiger partial charge on any atom is 0.337 e. The van der Waals surface area contributed by atoms with Gasteiger partial charge in [-0.15, -0.1) is 0 Å². The lowest BCUT2D eigenvalue weighted by Gasteiger charge is -2.22. The normalized spacial score (nSPS) is 16.4. The molecule has 146 valence electrons. The quantitative estimate of drug-likeness (QED) is 0.463. The molecule has 1 heterocycles. The van der Waals surface area contributed by atoms with Crippen molar-refractivity contribution in [2.45, 2.75) is 56.8 Å². The van der Waals surface area contributed by atoms with E-state index in [1.807, 2.05) is 0 Å². The number of nitrogens with zero attached hydrogens (tertiary/aromatic N) is 2. The SMILES string of the molecule is COC(=O)c1ccc2c(=O)n(C[C@@H](C)O)c(SCC3CCCCC3)nc2c1. The number of fused-ring (bicyclic) bond motifs is 1. The van der Waals surface area contributed by atoms with Crippen LogP contribution in [0.4, 0.5) is 0 Å². The summed E-state index contributed by atoms with van der Waals surface area (Å²) in [4.78, 5) is 29.4. The minimum absolute atomic E-state index is 0.191.